The highest BCUT2D eigenvalue weighted by molar-refractivity contribution is 7.99. The lowest BCUT2D eigenvalue weighted by Crippen LogP contribution is -2.68. The first-order valence-electron chi connectivity index (χ1n) is 6.76. The zero-order valence-electron chi connectivity index (χ0n) is 12.2. The van der Waals surface area contributed by atoms with Gasteiger partial charge in [-0.15, -0.1) is 22.0 Å². The molecular weight excluding hydrogens is 314 g/mol. The van der Waals surface area contributed by atoms with Crippen molar-refractivity contribution in [3.63, 3.8) is 0 Å². The fourth-order valence-electron chi connectivity index (χ4n) is 2.26. The van der Waals surface area contributed by atoms with Crippen LogP contribution in [0.1, 0.15) is 33.1 Å². The van der Waals surface area contributed by atoms with Gasteiger partial charge < -0.3 is 0 Å². The number of thioether (sulfide) groups is 1. The highest BCUT2D eigenvalue weighted by atomic mass is 35.7. The molecule has 21 heavy (non-hydrogen) atoms. The number of benzene rings is 1. The van der Waals surface area contributed by atoms with Crippen LogP contribution in [0.3, 0.4) is 0 Å². The number of rotatable bonds is 3. The molecule has 0 atom stereocenters. The lowest BCUT2D eigenvalue weighted by molar-refractivity contribution is -2.00. The summed E-state index contributed by atoms with van der Waals surface area (Å²) in [6.45, 7) is 5.67. The number of para-hydroxylation sites is 1. The third-order valence-corrected chi connectivity index (χ3v) is 4.03. The molecule has 0 amide bonds. The SMILES string of the molecule is CCSc1ccccc1[N+]1=C(C)CCCC1.[O-][Cl+3]([O-])([O-])[O-]. The molecule has 0 N–H and O–H groups in total. The van der Waals surface area contributed by atoms with E-state index in [1.54, 1.807) is 0 Å². The van der Waals surface area contributed by atoms with Gasteiger partial charge in [0.25, 0.3) is 0 Å². The first-order valence-corrected chi connectivity index (χ1v) is 8.98. The predicted molar refractivity (Wildman–Crippen MR) is 72.2 cm³/mol. The summed E-state index contributed by atoms with van der Waals surface area (Å²) in [5.41, 5.74) is 2.93. The molecule has 0 aromatic heterocycles. The molecule has 0 saturated heterocycles. The minimum Gasteiger partial charge on any atom is -0.222 e. The molecule has 7 heteroatoms. The molecule has 0 fully saturated rings. The number of nitrogens with zero attached hydrogens (tertiary/aromatic N) is 1. The molecule has 2 rings (SSSR count). The van der Waals surface area contributed by atoms with Crippen LogP contribution < -0.4 is 18.6 Å². The first kappa shape index (κ1) is 18.4. The minimum absolute atomic E-state index is 1.14. The Kier molecular flexibility index (Phi) is 7.65. The Morgan fingerprint density at radius 2 is 1.76 bits per heavy atom. The average molecular weight is 334 g/mol. The standard InChI is InChI=1S/C14H20NS.ClHO4/c1-3-16-14-10-5-4-9-13(14)15-11-7-6-8-12(15)2;2-1(3,4)5/h4-5,9-10H,3,6-8,11H2,1-2H3;(H,2,3,4,5)/q+1;/p-1. The zero-order chi connectivity index (χ0) is 15.9. The Morgan fingerprint density at radius 1 is 1.14 bits per heavy atom. The fourth-order valence-corrected chi connectivity index (χ4v) is 3.07. The summed E-state index contributed by atoms with van der Waals surface area (Å²) in [5, 5.41) is 0. The molecule has 0 radical (unpaired) electrons. The maximum atomic E-state index is 8.49. The van der Waals surface area contributed by atoms with Gasteiger partial charge in [0.05, 0.1) is 4.90 Å². The Morgan fingerprint density at radius 3 is 2.33 bits per heavy atom. The van der Waals surface area contributed by atoms with E-state index in [4.69, 9.17) is 18.6 Å². The monoisotopic (exact) mass is 333 g/mol. The van der Waals surface area contributed by atoms with Crippen molar-refractivity contribution in [3.05, 3.63) is 24.3 Å². The van der Waals surface area contributed by atoms with Crippen LogP contribution in [0.4, 0.5) is 5.69 Å². The molecular formula is C14H20ClNO4S. The normalized spacial score (nSPS) is 15.5. The van der Waals surface area contributed by atoms with E-state index >= 15 is 0 Å². The zero-order valence-corrected chi connectivity index (χ0v) is 13.8. The van der Waals surface area contributed by atoms with E-state index in [-0.39, 0.29) is 0 Å². The van der Waals surface area contributed by atoms with Crippen molar-refractivity contribution >= 4 is 23.2 Å². The van der Waals surface area contributed by atoms with Gasteiger partial charge in [0, 0.05) is 25.8 Å². The highest BCUT2D eigenvalue weighted by Gasteiger charge is 2.20. The lowest BCUT2D eigenvalue weighted by atomic mass is 10.1. The van der Waals surface area contributed by atoms with E-state index in [0.717, 1.165) is 5.75 Å². The first-order chi connectivity index (χ1) is 9.83. The van der Waals surface area contributed by atoms with Crippen LogP contribution in [0, 0.1) is 10.2 Å². The van der Waals surface area contributed by atoms with Crippen molar-refractivity contribution in [2.24, 2.45) is 0 Å². The van der Waals surface area contributed by atoms with Crippen molar-refractivity contribution in [2.75, 3.05) is 12.3 Å². The molecule has 1 heterocycles. The molecule has 1 aliphatic rings. The van der Waals surface area contributed by atoms with Gasteiger partial charge in [-0.05, 0) is 18.2 Å². The summed E-state index contributed by atoms with van der Waals surface area (Å²) in [7, 11) is -4.94. The van der Waals surface area contributed by atoms with E-state index in [0.29, 0.717) is 0 Å². The molecule has 1 aromatic rings. The Balaban J connectivity index is 0.000000383. The molecule has 1 aliphatic heterocycles. The molecule has 118 valence electrons. The second kappa shape index (κ2) is 8.73. The minimum atomic E-state index is -4.94. The number of hydrogen-bond donors (Lipinski definition) is 0. The van der Waals surface area contributed by atoms with Crippen LogP contribution in [0.15, 0.2) is 29.2 Å². The van der Waals surface area contributed by atoms with Gasteiger partial charge in [0.1, 0.15) is 6.54 Å². The molecule has 0 saturated carbocycles. The summed E-state index contributed by atoms with van der Waals surface area (Å²) in [5.74, 6) is 1.14. The van der Waals surface area contributed by atoms with Gasteiger partial charge in [-0.1, -0.05) is 19.1 Å². The summed E-state index contributed by atoms with van der Waals surface area (Å²) in [4.78, 5) is 1.42. The second-order valence-electron chi connectivity index (χ2n) is 4.62. The molecule has 1 aromatic carbocycles. The maximum absolute atomic E-state index is 8.49. The van der Waals surface area contributed by atoms with E-state index < -0.39 is 10.2 Å². The molecule has 5 nitrogen and oxygen atoms in total. The van der Waals surface area contributed by atoms with Crippen LogP contribution in [0.2, 0.25) is 0 Å². The second-order valence-corrected chi connectivity index (χ2v) is 6.68. The van der Waals surface area contributed by atoms with Crippen molar-refractivity contribution in [1.29, 1.82) is 0 Å². The summed E-state index contributed by atoms with van der Waals surface area (Å²) in [6.07, 6.45) is 3.93. The van der Waals surface area contributed by atoms with Gasteiger partial charge >= 0.3 is 0 Å². The van der Waals surface area contributed by atoms with Crippen molar-refractivity contribution in [2.45, 2.75) is 38.0 Å². The van der Waals surface area contributed by atoms with Crippen LogP contribution in [0.25, 0.3) is 0 Å². The Hall–Kier alpha value is -0.630. The third kappa shape index (κ3) is 7.26. The Labute approximate surface area is 131 Å². The van der Waals surface area contributed by atoms with E-state index in [2.05, 4.69) is 42.7 Å². The Bertz CT molecular complexity index is 482. The van der Waals surface area contributed by atoms with Gasteiger partial charge in [0.2, 0.25) is 5.69 Å². The lowest BCUT2D eigenvalue weighted by Gasteiger charge is -2.17. The van der Waals surface area contributed by atoms with Crippen LogP contribution in [-0.4, -0.2) is 22.6 Å². The number of halogens is 1. The molecule has 0 spiro atoms. The van der Waals surface area contributed by atoms with Crippen LogP contribution >= 0.6 is 11.8 Å². The van der Waals surface area contributed by atoms with Crippen molar-refractivity contribution < 1.29 is 33.5 Å². The van der Waals surface area contributed by atoms with Gasteiger partial charge in [-0.25, -0.2) is 18.6 Å². The molecule has 0 aliphatic carbocycles. The fraction of sp³-hybridized carbons (Fsp3) is 0.500. The highest BCUT2D eigenvalue weighted by Crippen LogP contribution is 2.30. The van der Waals surface area contributed by atoms with Gasteiger partial charge in [-0.3, -0.25) is 0 Å². The van der Waals surface area contributed by atoms with Gasteiger partial charge in [-0.2, -0.15) is 4.58 Å². The topological polar surface area (TPSA) is 95.2 Å². The third-order valence-electron chi connectivity index (χ3n) is 3.09. The van der Waals surface area contributed by atoms with Crippen molar-refractivity contribution in [3.8, 4) is 0 Å². The van der Waals surface area contributed by atoms with E-state index in [1.165, 1.54) is 42.1 Å². The summed E-state index contributed by atoms with van der Waals surface area (Å²) >= 11 is 1.94. The largest absolute Gasteiger partial charge is 0.222 e. The number of hydrogen-bond acceptors (Lipinski definition) is 5. The van der Waals surface area contributed by atoms with Gasteiger partial charge in [0.15, 0.2) is 5.71 Å². The maximum Gasteiger partial charge on any atom is 0.218 e. The summed E-state index contributed by atoms with van der Waals surface area (Å²) in [6, 6.07) is 8.79. The predicted octanol–water partition coefficient (Wildman–Crippen LogP) is -0.669. The smallest absolute Gasteiger partial charge is 0.218 e. The quantitative estimate of drug-likeness (QED) is 0.540. The molecule has 0 unspecified atom stereocenters. The van der Waals surface area contributed by atoms with Crippen LogP contribution in [-0.2, 0) is 0 Å². The summed E-state index contributed by atoms with van der Waals surface area (Å²) < 4.78 is 36.5. The molecule has 0 bridgehead atoms. The van der Waals surface area contributed by atoms with Crippen molar-refractivity contribution in [1.82, 2.24) is 0 Å². The van der Waals surface area contributed by atoms with Crippen LogP contribution in [0.5, 0.6) is 0 Å². The van der Waals surface area contributed by atoms with E-state index in [9.17, 15) is 0 Å². The average Bonchev–Trinajstić information content (AvgIpc) is 2.39. The van der Waals surface area contributed by atoms with E-state index in [1.807, 2.05) is 11.8 Å².